The van der Waals surface area contributed by atoms with E-state index in [0.29, 0.717) is 11.8 Å². The first-order chi connectivity index (χ1) is 6.16. The fourth-order valence-corrected chi connectivity index (χ4v) is 1.62. The summed E-state index contributed by atoms with van der Waals surface area (Å²) in [5.41, 5.74) is 2.32. The van der Waals surface area contributed by atoms with Gasteiger partial charge in [-0.25, -0.2) is 4.39 Å². The van der Waals surface area contributed by atoms with Crippen LogP contribution in [0.25, 0.3) is 0 Å². The SMILES string of the molecule is CC(C)c1cc(F)cc(C2CC2)c1. The molecule has 1 aromatic rings. The molecule has 0 bridgehead atoms. The van der Waals surface area contributed by atoms with Crippen LogP contribution in [0.5, 0.6) is 0 Å². The molecule has 0 unspecified atom stereocenters. The van der Waals surface area contributed by atoms with E-state index in [9.17, 15) is 4.39 Å². The molecule has 1 saturated carbocycles. The molecule has 2 rings (SSSR count). The third kappa shape index (κ3) is 1.90. The molecule has 1 fully saturated rings. The molecular formula is C12H15F. The smallest absolute Gasteiger partial charge is 0.123 e. The largest absolute Gasteiger partial charge is 0.207 e. The summed E-state index contributed by atoms with van der Waals surface area (Å²) in [6, 6.07) is 5.49. The van der Waals surface area contributed by atoms with Gasteiger partial charge in [0.25, 0.3) is 0 Å². The standard InChI is InChI=1S/C12H15F/c1-8(2)10-5-11(9-3-4-9)7-12(13)6-10/h5-9H,3-4H2,1-2H3. The summed E-state index contributed by atoms with van der Waals surface area (Å²) in [7, 11) is 0. The van der Waals surface area contributed by atoms with Crippen LogP contribution in [0.4, 0.5) is 4.39 Å². The van der Waals surface area contributed by atoms with Gasteiger partial charge in [-0.3, -0.25) is 0 Å². The van der Waals surface area contributed by atoms with Crippen LogP contribution in [-0.2, 0) is 0 Å². The van der Waals surface area contributed by atoms with Gasteiger partial charge in [0, 0.05) is 0 Å². The van der Waals surface area contributed by atoms with Gasteiger partial charge in [0.1, 0.15) is 5.82 Å². The minimum Gasteiger partial charge on any atom is -0.207 e. The first kappa shape index (κ1) is 8.74. The van der Waals surface area contributed by atoms with Gasteiger partial charge >= 0.3 is 0 Å². The third-order valence-corrected chi connectivity index (χ3v) is 2.66. The summed E-state index contributed by atoms with van der Waals surface area (Å²) < 4.78 is 13.2. The van der Waals surface area contributed by atoms with E-state index in [1.54, 1.807) is 12.1 Å². The molecule has 0 spiro atoms. The molecule has 1 aliphatic rings. The van der Waals surface area contributed by atoms with Crippen molar-refractivity contribution >= 4 is 0 Å². The van der Waals surface area contributed by atoms with Crippen molar-refractivity contribution in [1.29, 1.82) is 0 Å². The monoisotopic (exact) mass is 178 g/mol. The topological polar surface area (TPSA) is 0 Å². The van der Waals surface area contributed by atoms with Gasteiger partial charge in [-0.05, 0) is 47.9 Å². The normalized spacial score (nSPS) is 16.6. The van der Waals surface area contributed by atoms with Gasteiger partial charge in [-0.15, -0.1) is 0 Å². The lowest BCUT2D eigenvalue weighted by Gasteiger charge is -2.07. The summed E-state index contributed by atoms with van der Waals surface area (Å²) in [4.78, 5) is 0. The number of rotatable bonds is 2. The van der Waals surface area contributed by atoms with E-state index in [-0.39, 0.29) is 5.82 Å². The van der Waals surface area contributed by atoms with Crippen LogP contribution in [0.2, 0.25) is 0 Å². The van der Waals surface area contributed by atoms with Gasteiger partial charge in [0.15, 0.2) is 0 Å². The van der Waals surface area contributed by atoms with Gasteiger partial charge < -0.3 is 0 Å². The van der Waals surface area contributed by atoms with E-state index < -0.39 is 0 Å². The zero-order chi connectivity index (χ0) is 9.42. The molecule has 13 heavy (non-hydrogen) atoms. The maximum Gasteiger partial charge on any atom is 0.123 e. The number of hydrogen-bond donors (Lipinski definition) is 0. The Balaban J connectivity index is 2.36. The Bertz CT molecular complexity index is 291. The van der Waals surface area contributed by atoms with Gasteiger partial charge in [-0.2, -0.15) is 0 Å². The van der Waals surface area contributed by atoms with E-state index in [4.69, 9.17) is 0 Å². The van der Waals surface area contributed by atoms with Gasteiger partial charge in [0.2, 0.25) is 0 Å². The molecule has 70 valence electrons. The summed E-state index contributed by atoms with van der Waals surface area (Å²) in [6.07, 6.45) is 2.47. The zero-order valence-electron chi connectivity index (χ0n) is 8.18. The second-order valence-electron chi connectivity index (χ2n) is 4.25. The lowest BCUT2D eigenvalue weighted by Crippen LogP contribution is -1.92. The molecule has 0 heterocycles. The minimum absolute atomic E-state index is 0.0758. The number of benzene rings is 1. The molecular weight excluding hydrogens is 163 g/mol. The first-order valence-corrected chi connectivity index (χ1v) is 4.97. The van der Waals surface area contributed by atoms with Crippen molar-refractivity contribution in [3.8, 4) is 0 Å². The highest BCUT2D eigenvalue weighted by Crippen LogP contribution is 2.41. The molecule has 0 amide bonds. The average Bonchev–Trinajstić information content (AvgIpc) is 2.85. The molecule has 0 nitrogen and oxygen atoms in total. The second kappa shape index (κ2) is 3.13. The Morgan fingerprint density at radius 2 is 1.92 bits per heavy atom. The summed E-state index contributed by atoms with van der Waals surface area (Å²) in [5, 5.41) is 0. The molecule has 0 radical (unpaired) electrons. The van der Waals surface area contributed by atoms with Crippen LogP contribution in [0.15, 0.2) is 18.2 Å². The van der Waals surface area contributed by atoms with Crippen molar-refractivity contribution in [2.75, 3.05) is 0 Å². The van der Waals surface area contributed by atoms with Gasteiger partial charge in [0.05, 0.1) is 0 Å². The molecule has 0 N–H and O–H groups in total. The van der Waals surface area contributed by atoms with Crippen LogP contribution < -0.4 is 0 Å². The molecule has 1 heteroatoms. The highest BCUT2D eigenvalue weighted by molar-refractivity contribution is 5.31. The molecule has 0 aromatic heterocycles. The maximum absolute atomic E-state index is 13.2. The lowest BCUT2D eigenvalue weighted by molar-refractivity contribution is 0.620. The molecule has 1 aliphatic carbocycles. The minimum atomic E-state index is -0.0758. The van der Waals surface area contributed by atoms with Crippen molar-refractivity contribution in [3.63, 3.8) is 0 Å². The fraction of sp³-hybridized carbons (Fsp3) is 0.500. The van der Waals surface area contributed by atoms with Crippen molar-refractivity contribution < 1.29 is 4.39 Å². The summed E-state index contributed by atoms with van der Waals surface area (Å²) >= 11 is 0. The highest BCUT2D eigenvalue weighted by Gasteiger charge is 2.24. The van der Waals surface area contributed by atoms with Crippen molar-refractivity contribution in [2.24, 2.45) is 0 Å². The predicted octanol–water partition coefficient (Wildman–Crippen LogP) is 3.83. The van der Waals surface area contributed by atoms with Crippen LogP contribution in [0, 0.1) is 5.82 Å². The Kier molecular flexibility index (Phi) is 2.10. The highest BCUT2D eigenvalue weighted by atomic mass is 19.1. The molecule has 1 aromatic carbocycles. The van der Waals surface area contributed by atoms with Crippen molar-refractivity contribution in [2.45, 2.75) is 38.5 Å². The fourth-order valence-electron chi connectivity index (χ4n) is 1.62. The van der Waals surface area contributed by atoms with Crippen LogP contribution in [0.3, 0.4) is 0 Å². The molecule has 0 saturated heterocycles. The van der Waals surface area contributed by atoms with E-state index >= 15 is 0 Å². The Morgan fingerprint density at radius 1 is 1.23 bits per heavy atom. The quantitative estimate of drug-likeness (QED) is 0.645. The van der Waals surface area contributed by atoms with Crippen molar-refractivity contribution in [1.82, 2.24) is 0 Å². The maximum atomic E-state index is 13.2. The van der Waals surface area contributed by atoms with Crippen LogP contribution in [-0.4, -0.2) is 0 Å². The van der Waals surface area contributed by atoms with E-state index in [1.165, 1.54) is 18.4 Å². The lowest BCUT2D eigenvalue weighted by atomic mass is 9.99. The van der Waals surface area contributed by atoms with Crippen LogP contribution >= 0.6 is 0 Å². The Hall–Kier alpha value is -0.850. The van der Waals surface area contributed by atoms with Gasteiger partial charge in [-0.1, -0.05) is 19.9 Å². The second-order valence-corrected chi connectivity index (χ2v) is 4.25. The Labute approximate surface area is 78.8 Å². The number of halogens is 1. The first-order valence-electron chi connectivity index (χ1n) is 4.97. The Morgan fingerprint density at radius 3 is 2.46 bits per heavy atom. The average molecular weight is 178 g/mol. The third-order valence-electron chi connectivity index (χ3n) is 2.66. The van der Waals surface area contributed by atoms with E-state index in [1.807, 2.05) is 0 Å². The molecule has 0 atom stereocenters. The van der Waals surface area contributed by atoms with E-state index in [0.717, 1.165) is 5.56 Å². The predicted molar refractivity (Wildman–Crippen MR) is 52.5 cm³/mol. The van der Waals surface area contributed by atoms with Crippen molar-refractivity contribution in [3.05, 3.63) is 35.1 Å². The number of hydrogen-bond acceptors (Lipinski definition) is 0. The van der Waals surface area contributed by atoms with Crippen LogP contribution in [0.1, 0.15) is 49.7 Å². The summed E-state index contributed by atoms with van der Waals surface area (Å²) in [6.45, 7) is 4.21. The summed E-state index contributed by atoms with van der Waals surface area (Å²) in [5.74, 6) is 0.995. The van der Waals surface area contributed by atoms with E-state index in [2.05, 4.69) is 19.9 Å². The molecule has 0 aliphatic heterocycles. The zero-order valence-corrected chi connectivity index (χ0v) is 8.18.